The zero-order valence-electron chi connectivity index (χ0n) is 6.75. The van der Waals surface area contributed by atoms with Gasteiger partial charge in [0.1, 0.15) is 0 Å². The van der Waals surface area contributed by atoms with Gasteiger partial charge in [-0.3, -0.25) is 0 Å². The van der Waals surface area contributed by atoms with Crippen molar-refractivity contribution < 1.29 is 0 Å². The van der Waals surface area contributed by atoms with Crippen LogP contribution >= 0.6 is 81.2 Å². The highest BCUT2D eigenvalue weighted by molar-refractivity contribution is 6.51. The van der Waals surface area contributed by atoms with Crippen LogP contribution < -0.4 is 0 Å². The smallest absolute Gasteiger partial charge is 0.151 e. The Morgan fingerprint density at radius 2 is 1.00 bits per heavy atom. The molecule has 0 N–H and O–H groups in total. The molecule has 1 heterocycles. The number of hydrogen-bond acceptors (Lipinski definition) is 1. The zero-order chi connectivity index (χ0) is 11.7. The lowest BCUT2D eigenvalue weighted by molar-refractivity contribution is 1.06. The van der Waals surface area contributed by atoms with Crippen molar-refractivity contribution in [3.8, 4) is 0 Å². The molecule has 0 aliphatic carbocycles. The molecule has 0 spiro atoms. The summed E-state index contributed by atoms with van der Waals surface area (Å²) in [5.74, 6) is 0. The van der Waals surface area contributed by atoms with Gasteiger partial charge in [0.2, 0.25) is 0 Å². The van der Waals surface area contributed by atoms with Gasteiger partial charge in [0, 0.05) is 0 Å². The van der Waals surface area contributed by atoms with E-state index in [-0.39, 0.29) is 26.5 Å². The first kappa shape index (κ1) is 14.2. The van der Waals surface area contributed by atoms with E-state index >= 15 is 0 Å². The minimum atomic E-state index is -0.932. The topological polar surface area (TPSA) is 12.9 Å². The summed E-state index contributed by atoms with van der Waals surface area (Å²) in [7, 11) is 0. The molecule has 0 atom stereocenters. The Morgan fingerprint density at radius 1 is 0.667 bits per heavy atom. The Bertz CT molecular complexity index is 344. The van der Waals surface area contributed by atoms with E-state index in [4.69, 9.17) is 81.2 Å². The van der Waals surface area contributed by atoms with Crippen molar-refractivity contribution in [2.24, 2.45) is 0 Å². The van der Waals surface area contributed by atoms with Crippen molar-refractivity contribution in [3.63, 3.8) is 0 Å². The summed E-state index contributed by atoms with van der Waals surface area (Å²) in [6.45, 7) is 0. The molecule has 0 amide bonds. The summed E-state index contributed by atoms with van der Waals surface area (Å²) in [5, 5.41) is 0.264. The van der Waals surface area contributed by atoms with Crippen LogP contribution in [0.1, 0.15) is 21.1 Å². The molecule has 0 saturated heterocycles. The first-order chi connectivity index (χ1) is 6.86. The molecule has 1 aromatic heterocycles. The third-order valence-electron chi connectivity index (χ3n) is 1.49. The van der Waals surface area contributed by atoms with Crippen molar-refractivity contribution >= 4 is 81.2 Å². The molecule has 0 aliphatic rings. The Labute approximate surface area is 122 Å². The maximum atomic E-state index is 5.84. The van der Waals surface area contributed by atoms with Crippen molar-refractivity contribution in [2.45, 2.75) is 9.67 Å². The Balaban J connectivity index is 3.45. The lowest BCUT2D eigenvalue weighted by atomic mass is 10.3. The van der Waals surface area contributed by atoms with E-state index in [2.05, 4.69) is 4.98 Å². The third-order valence-corrected chi connectivity index (χ3v) is 3.65. The minimum absolute atomic E-state index is 0.0796. The highest BCUT2D eigenvalue weighted by atomic mass is 35.5. The van der Waals surface area contributed by atoms with E-state index in [1.807, 2.05) is 0 Å². The summed E-state index contributed by atoms with van der Waals surface area (Å²) >= 11 is 40.1. The van der Waals surface area contributed by atoms with E-state index in [9.17, 15) is 0 Å². The largest absolute Gasteiger partial charge is 0.249 e. The maximum absolute atomic E-state index is 5.84. The van der Waals surface area contributed by atoms with Crippen molar-refractivity contribution in [2.75, 3.05) is 0 Å². The molecular weight excluding hydrogens is 346 g/mol. The molecule has 1 nitrogen and oxygen atoms in total. The Morgan fingerprint density at radius 3 is 1.27 bits per heavy atom. The molecule has 0 unspecified atom stereocenters. The SMILES string of the molecule is Clc1c(C(Cl)Cl)nc(C(Cl)Cl)c(Cl)c1Cl. The molecule has 0 aliphatic heterocycles. The standard InChI is InChI=1S/C7H2Cl7N/c8-1-2(9)4(6(11)12)15-5(3(1)10)7(13)14/h6-7H. The quantitative estimate of drug-likeness (QED) is 0.598. The highest BCUT2D eigenvalue weighted by Gasteiger charge is 2.22. The molecule has 0 saturated carbocycles. The monoisotopic (exact) mass is 345 g/mol. The van der Waals surface area contributed by atoms with Gasteiger partial charge in [-0.2, -0.15) is 0 Å². The fourth-order valence-corrected chi connectivity index (χ4v) is 2.43. The molecule has 1 rings (SSSR count). The molecule has 0 aromatic carbocycles. The van der Waals surface area contributed by atoms with Gasteiger partial charge < -0.3 is 0 Å². The first-order valence-corrected chi connectivity index (χ1v) is 6.34. The summed E-state index contributed by atoms with van der Waals surface area (Å²) in [5.41, 5.74) is 0.353. The van der Waals surface area contributed by atoms with Gasteiger partial charge in [-0.25, -0.2) is 4.98 Å². The van der Waals surface area contributed by atoms with Crippen LogP contribution in [-0.2, 0) is 0 Å². The predicted molar refractivity (Wildman–Crippen MR) is 68.2 cm³/mol. The van der Waals surface area contributed by atoms with Crippen LogP contribution in [0, 0.1) is 0 Å². The molecule has 84 valence electrons. The molecular formula is C7H2Cl7N. The Kier molecular flexibility index (Phi) is 5.39. The normalized spacial score (nSPS) is 11.5. The van der Waals surface area contributed by atoms with E-state index in [0.29, 0.717) is 0 Å². The van der Waals surface area contributed by atoms with Gasteiger partial charge in [0.25, 0.3) is 0 Å². The average molecular weight is 348 g/mol. The Hall–Kier alpha value is 1.18. The number of halogens is 7. The predicted octanol–water partition coefficient (Wildman–Crippen LogP) is 5.99. The second kappa shape index (κ2) is 5.68. The zero-order valence-corrected chi connectivity index (χ0v) is 12.0. The molecule has 0 radical (unpaired) electrons. The molecule has 8 heteroatoms. The number of hydrogen-bond donors (Lipinski definition) is 0. The third kappa shape index (κ3) is 3.10. The minimum Gasteiger partial charge on any atom is -0.249 e. The van der Waals surface area contributed by atoms with E-state index < -0.39 is 9.67 Å². The maximum Gasteiger partial charge on any atom is 0.151 e. The first-order valence-electron chi connectivity index (χ1n) is 3.46. The molecule has 15 heavy (non-hydrogen) atoms. The van der Waals surface area contributed by atoms with Crippen LogP contribution in [0.2, 0.25) is 15.1 Å². The van der Waals surface area contributed by atoms with Crippen LogP contribution in [0.25, 0.3) is 0 Å². The van der Waals surface area contributed by atoms with Gasteiger partial charge in [-0.15, -0.1) is 0 Å². The van der Waals surface area contributed by atoms with Crippen LogP contribution in [-0.4, -0.2) is 4.98 Å². The van der Waals surface area contributed by atoms with Gasteiger partial charge >= 0.3 is 0 Å². The fourth-order valence-electron chi connectivity index (χ4n) is 0.838. The molecule has 0 fully saturated rings. The van der Waals surface area contributed by atoms with Gasteiger partial charge in [0.15, 0.2) is 9.67 Å². The summed E-state index contributed by atoms with van der Waals surface area (Å²) in [6.07, 6.45) is 0. The number of nitrogens with zero attached hydrogens (tertiary/aromatic N) is 1. The number of rotatable bonds is 2. The number of aromatic nitrogens is 1. The average Bonchev–Trinajstić information content (AvgIpc) is 2.13. The molecule has 1 aromatic rings. The summed E-state index contributed by atoms with van der Waals surface area (Å²) in [6, 6.07) is 0. The number of alkyl halides is 4. The second-order valence-corrected chi connectivity index (χ2v) is 5.75. The van der Waals surface area contributed by atoms with Gasteiger partial charge in [-0.05, 0) is 0 Å². The van der Waals surface area contributed by atoms with Gasteiger partial charge in [-0.1, -0.05) is 81.2 Å². The fraction of sp³-hybridized carbons (Fsp3) is 0.286. The van der Waals surface area contributed by atoms with Crippen LogP contribution in [0.15, 0.2) is 0 Å². The van der Waals surface area contributed by atoms with Crippen LogP contribution in [0.5, 0.6) is 0 Å². The summed E-state index contributed by atoms with van der Waals surface area (Å²) in [4.78, 5) is 2.09. The van der Waals surface area contributed by atoms with E-state index in [1.54, 1.807) is 0 Å². The van der Waals surface area contributed by atoms with Crippen LogP contribution in [0.4, 0.5) is 0 Å². The lowest BCUT2D eigenvalue weighted by Gasteiger charge is -2.12. The van der Waals surface area contributed by atoms with Crippen LogP contribution in [0.3, 0.4) is 0 Å². The van der Waals surface area contributed by atoms with Crippen molar-refractivity contribution in [1.29, 1.82) is 0 Å². The lowest BCUT2D eigenvalue weighted by Crippen LogP contribution is -1.99. The number of pyridine rings is 1. The van der Waals surface area contributed by atoms with Crippen molar-refractivity contribution in [1.82, 2.24) is 4.98 Å². The van der Waals surface area contributed by atoms with Gasteiger partial charge in [0.05, 0.1) is 26.5 Å². The van der Waals surface area contributed by atoms with E-state index in [1.165, 1.54) is 0 Å². The van der Waals surface area contributed by atoms with E-state index in [0.717, 1.165) is 0 Å². The second-order valence-electron chi connectivity index (χ2n) is 2.43. The molecule has 0 bridgehead atoms. The highest BCUT2D eigenvalue weighted by Crippen LogP contribution is 2.42. The van der Waals surface area contributed by atoms with Crippen molar-refractivity contribution in [3.05, 3.63) is 26.5 Å². The summed E-state index contributed by atoms with van der Waals surface area (Å²) < 4.78 is 0.